The molecule has 1 rings (SSSR count). The summed E-state index contributed by atoms with van der Waals surface area (Å²) >= 11 is 3.28. The Balaban J connectivity index is 2.70. The molecule has 3 N–H and O–H groups in total. The van der Waals surface area contributed by atoms with Gasteiger partial charge in [-0.3, -0.25) is 5.32 Å². The highest BCUT2D eigenvalue weighted by Crippen LogP contribution is 2.20. The van der Waals surface area contributed by atoms with Crippen LogP contribution in [0, 0.1) is 0 Å². The molecule has 0 aliphatic carbocycles. The number of amides is 1. The van der Waals surface area contributed by atoms with E-state index in [0.29, 0.717) is 10.2 Å². The zero-order valence-corrected chi connectivity index (χ0v) is 11.0. The molecule has 0 aliphatic heterocycles. The first-order valence-corrected chi connectivity index (χ1v) is 5.53. The Morgan fingerprint density at radius 2 is 2.19 bits per heavy atom. The zero-order valence-electron chi connectivity index (χ0n) is 9.45. The number of hydrogen-bond donors (Lipinski definition) is 2. The molecule has 88 valence electrons. The molecule has 1 aromatic heterocycles. The standard InChI is InChI=1S/C10H14BrN3O2/c1-10(2,3)16-9(15)13-8-4-5-14(12)6-7(8)11/h4-6H,12H2,1-3H3/p+1. The summed E-state index contributed by atoms with van der Waals surface area (Å²) in [4.78, 5) is 11.5. The van der Waals surface area contributed by atoms with Gasteiger partial charge in [0.05, 0.1) is 5.69 Å². The van der Waals surface area contributed by atoms with Crippen LogP contribution in [-0.4, -0.2) is 11.7 Å². The molecule has 0 spiro atoms. The average molecular weight is 289 g/mol. The van der Waals surface area contributed by atoms with Crippen molar-refractivity contribution in [2.45, 2.75) is 26.4 Å². The number of hydrogen-bond acceptors (Lipinski definition) is 3. The minimum atomic E-state index is -0.515. The third kappa shape index (κ3) is 4.06. The van der Waals surface area contributed by atoms with Crippen molar-refractivity contribution in [3.05, 3.63) is 22.9 Å². The number of rotatable bonds is 1. The summed E-state index contributed by atoms with van der Waals surface area (Å²) in [5.41, 5.74) is 0.0926. The molecule has 0 aromatic carbocycles. The monoisotopic (exact) mass is 288 g/mol. The highest BCUT2D eigenvalue weighted by Gasteiger charge is 2.17. The van der Waals surface area contributed by atoms with E-state index in [2.05, 4.69) is 21.2 Å². The van der Waals surface area contributed by atoms with Crippen LogP contribution in [-0.2, 0) is 4.74 Å². The van der Waals surface area contributed by atoms with Gasteiger partial charge in [0.25, 0.3) is 0 Å². The van der Waals surface area contributed by atoms with Gasteiger partial charge in [0.15, 0.2) is 0 Å². The van der Waals surface area contributed by atoms with Crippen LogP contribution in [0.15, 0.2) is 22.9 Å². The summed E-state index contributed by atoms with van der Waals surface area (Å²) in [7, 11) is 0. The second-order valence-electron chi connectivity index (χ2n) is 4.28. The van der Waals surface area contributed by atoms with Crippen LogP contribution >= 0.6 is 15.9 Å². The van der Waals surface area contributed by atoms with Crippen LogP contribution in [0.1, 0.15) is 20.8 Å². The molecule has 6 heteroatoms. The Labute approximate surface area is 103 Å². The fourth-order valence-electron chi connectivity index (χ4n) is 0.999. The average Bonchev–Trinajstić information content (AvgIpc) is 2.06. The molecule has 1 heterocycles. The third-order valence-corrected chi connectivity index (χ3v) is 2.20. The predicted molar refractivity (Wildman–Crippen MR) is 64.3 cm³/mol. The van der Waals surface area contributed by atoms with E-state index in [0.717, 1.165) is 0 Å². The molecule has 16 heavy (non-hydrogen) atoms. The van der Waals surface area contributed by atoms with Gasteiger partial charge in [-0.15, -0.1) is 0 Å². The number of nitrogens with one attached hydrogen (secondary N) is 1. The minimum absolute atomic E-state index is 0.497. The predicted octanol–water partition coefficient (Wildman–Crippen LogP) is 1.80. The zero-order chi connectivity index (χ0) is 12.3. The topological polar surface area (TPSA) is 68.2 Å². The molecular weight excluding hydrogens is 274 g/mol. The van der Waals surface area contributed by atoms with Crippen LogP contribution in [0.4, 0.5) is 10.5 Å². The first-order valence-electron chi connectivity index (χ1n) is 4.74. The number of nitrogens with two attached hydrogens (primary N) is 1. The van der Waals surface area contributed by atoms with Crippen molar-refractivity contribution in [3.8, 4) is 0 Å². The Kier molecular flexibility index (Phi) is 3.74. The van der Waals surface area contributed by atoms with E-state index in [4.69, 9.17) is 10.6 Å². The van der Waals surface area contributed by atoms with Crippen molar-refractivity contribution in [2.75, 3.05) is 11.2 Å². The first kappa shape index (κ1) is 12.8. The third-order valence-electron chi connectivity index (χ3n) is 1.57. The maximum Gasteiger partial charge on any atom is 0.412 e. The van der Waals surface area contributed by atoms with Gasteiger partial charge in [-0.2, -0.15) is 0 Å². The summed E-state index contributed by atoms with van der Waals surface area (Å²) < 4.78 is 7.18. The molecule has 1 aromatic rings. The Bertz CT molecular complexity index is 402. The molecule has 0 fully saturated rings. The number of nitrogen functional groups attached to an aromatic ring is 1. The number of ether oxygens (including phenoxy) is 1. The van der Waals surface area contributed by atoms with E-state index in [1.807, 2.05) is 0 Å². The van der Waals surface area contributed by atoms with E-state index in [-0.39, 0.29) is 0 Å². The highest BCUT2D eigenvalue weighted by molar-refractivity contribution is 9.10. The van der Waals surface area contributed by atoms with E-state index in [1.54, 1.807) is 39.2 Å². The summed E-state index contributed by atoms with van der Waals surface area (Å²) in [5, 5.41) is 2.62. The van der Waals surface area contributed by atoms with Crippen molar-refractivity contribution in [3.63, 3.8) is 0 Å². The molecule has 0 aliphatic rings. The quantitative estimate of drug-likeness (QED) is 0.612. The van der Waals surface area contributed by atoms with Crippen LogP contribution in [0.2, 0.25) is 0 Å². The second kappa shape index (κ2) is 4.69. The Morgan fingerprint density at radius 3 is 2.69 bits per heavy atom. The number of aromatic nitrogens is 1. The lowest BCUT2D eigenvalue weighted by Crippen LogP contribution is -2.43. The van der Waals surface area contributed by atoms with Crippen molar-refractivity contribution >= 4 is 27.7 Å². The SMILES string of the molecule is CC(C)(C)OC(=O)Nc1cc[n+](N)cc1Br. The maximum atomic E-state index is 11.5. The molecule has 0 saturated heterocycles. The summed E-state index contributed by atoms with van der Waals surface area (Å²) in [5.74, 6) is 5.50. The van der Waals surface area contributed by atoms with Gasteiger partial charge in [0.2, 0.25) is 12.4 Å². The van der Waals surface area contributed by atoms with E-state index < -0.39 is 11.7 Å². The van der Waals surface area contributed by atoms with Crippen molar-refractivity contribution in [2.24, 2.45) is 0 Å². The first-order chi connectivity index (χ1) is 7.28. The van der Waals surface area contributed by atoms with Crippen molar-refractivity contribution < 1.29 is 14.2 Å². The number of pyridine rings is 1. The van der Waals surface area contributed by atoms with E-state index >= 15 is 0 Å². The van der Waals surface area contributed by atoms with Gasteiger partial charge in [-0.05, 0) is 36.7 Å². The lowest BCUT2D eigenvalue weighted by molar-refractivity contribution is -0.639. The van der Waals surface area contributed by atoms with Crippen molar-refractivity contribution in [1.29, 1.82) is 0 Å². The summed E-state index contributed by atoms with van der Waals surface area (Å²) in [6.07, 6.45) is 2.76. The number of carbonyl (C=O) groups excluding carboxylic acids is 1. The number of halogens is 1. The normalized spacial score (nSPS) is 11.0. The molecule has 0 unspecified atom stereocenters. The fraction of sp³-hybridized carbons (Fsp3) is 0.400. The molecule has 5 nitrogen and oxygen atoms in total. The van der Waals surface area contributed by atoms with E-state index in [1.165, 1.54) is 4.68 Å². The fourth-order valence-corrected chi connectivity index (χ4v) is 1.47. The Hall–Kier alpha value is -1.30. The van der Waals surface area contributed by atoms with E-state index in [9.17, 15) is 4.79 Å². The number of nitrogens with zero attached hydrogens (tertiary/aromatic N) is 1. The molecular formula is C10H15BrN3O2+. The largest absolute Gasteiger partial charge is 0.444 e. The molecule has 0 saturated carbocycles. The van der Waals surface area contributed by atoms with Crippen LogP contribution in [0.5, 0.6) is 0 Å². The van der Waals surface area contributed by atoms with Crippen LogP contribution in [0.25, 0.3) is 0 Å². The smallest absolute Gasteiger partial charge is 0.412 e. The number of anilines is 1. The van der Waals surface area contributed by atoms with Gasteiger partial charge in [0.1, 0.15) is 10.1 Å². The molecule has 0 radical (unpaired) electrons. The lowest BCUT2D eigenvalue weighted by Gasteiger charge is -2.19. The Morgan fingerprint density at radius 1 is 1.56 bits per heavy atom. The van der Waals surface area contributed by atoms with Gasteiger partial charge in [-0.25, -0.2) is 10.6 Å². The van der Waals surface area contributed by atoms with Gasteiger partial charge in [-0.1, -0.05) is 4.68 Å². The lowest BCUT2D eigenvalue weighted by atomic mass is 10.2. The maximum absolute atomic E-state index is 11.5. The molecule has 0 bridgehead atoms. The summed E-state index contributed by atoms with van der Waals surface area (Å²) in [6.45, 7) is 5.42. The molecule has 0 atom stereocenters. The highest BCUT2D eigenvalue weighted by atomic mass is 79.9. The minimum Gasteiger partial charge on any atom is -0.444 e. The van der Waals surface area contributed by atoms with Gasteiger partial charge in [0, 0.05) is 6.07 Å². The van der Waals surface area contributed by atoms with Gasteiger partial charge < -0.3 is 4.74 Å². The van der Waals surface area contributed by atoms with Crippen LogP contribution < -0.4 is 15.8 Å². The number of carbonyl (C=O) groups is 1. The van der Waals surface area contributed by atoms with Gasteiger partial charge >= 0.3 is 6.09 Å². The van der Waals surface area contributed by atoms with Crippen LogP contribution in [0.3, 0.4) is 0 Å². The second-order valence-corrected chi connectivity index (χ2v) is 5.13. The summed E-state index contributed by atoms with van der Waals surface area (Å²) in [6, 6.07) is 1.67. The molecule has 1 amide bonds. The van der Waals surface area contributed by atoms with Crippen molar-refractivity contribution in [1.82, 2.24) is 0 Å².